The summed E-state index contributed by atoms with van der Waals surface area (Å²) in [4.78, 5) is 16.9. The molecule has 0 radical (unpaired) electrons. The largest absolute Gasteiger partial charge is 0.490 e. The van der Waals surface area contributed by atoms with Crippen LogP contribution in [0.1, 0.15) is 23.6 Å². The minimum absolute atomic E-state index is 0.110. The molecule has 0 saturated carbocycles. The molecular formula is C25H25IN2O3. The van der Waals surface area contributed by atoms with E-state index >= 15 is 0 Å². The van der Waals surface area contributed by atoms with E-state index in [-0.39, 0.29) is 12.5 Å². The van der Waals surface area contributed by atoms with Crippen molar-refractivity contribution in [3.63, 3.8) is 0 Å². The number of para-hydroxylation sites is 1. The minimum atomic E-state index is -0.232. The van der Waals surface area contributed by atoms with Gasteiger partial charge in [-0.1, -0.05) is 35.9 Å². The van der Waals surface area contributed by atoms with Crippen LogP contribution < -0.4 is 14.8 Å². The maximum Gasteiger partial charge on any atom is 0.262 e. The number of amides is 1. The molecule has 1 amide bonds. The van der Waals surface area contributed by atoms with Crippen LogP contribution in [0.2, 0.25) is 0 Å². The van der Waals surface area contributed by atoms with E-state index in [9.17, 15) is 4.79 Å². The Balaban J connectivity index is 1.75. The van der Waals surface area contributed by atoms with Gasteiger partial charge in [0.2, 0.25) is 0 Å². The van der Waals surface area contributed by atoms with Crippen molar-refractivity contribution in [2.45, 2.75) is 20.8 Å². The van der Waals surface area contributed by atoms with E-state index in [2.05, 4.69) is 45.9 Å². The molecule has 0 saturated heterocycles. The highest BCUT2D eigenvalue weighted by atomic mass is 127. The first-order valence-corrected chi connectivity index (χ1v) is 11.1. The molecule has 0 aromatic heterocycles. The number of hydrogen-bond donors (Lipinski definition) is 1. The van der Waals surface area contributed by atoms with Crippen LogP contribution in [0.4, 0.5) is 11.4 Å². The van der Waals surface area contributed by atoms with Crippen LogP contribution in [0.3, 0.4) is 0 Å². The monoisotopic (exact) mass is 528 g/mol. The fourth-order valence-corrected chi connectivity index (χ4v) is 3.80. The maximum atomic E-state index is 12.2. The number of hydrogen-bond acceptors (Lipinski definition) is 4. The molecule has 0 unspecified atom stereocenters. The van der Waals surface area contributed by atoms with Gasteiger partial charge < -0.3 is 14.8 Å². The van der Waals surface area contributed by atoms with Crippen LogP contribution in [0.5, 0.6) is 11.5 Å². The van der Waals surface area contributed by atoms with Crippen LogP contribution in [0.25, 0.3) is 0 Å². The Kier molecular flexibility index (Phi) is 8.06. The lowest BCUT2D eigenvalue weighted by Gasteiger charge is -2.14. The zero-order chi connectivity index (χ0) is 22.2. The van der Waals surface area contributed by atoms with Crippen molar-refractivity contribution in [3.05, 3.63) is 80.9 Å². The first-order valence-electron chi connectivity index (χ1n) is 10.0. The third-order valence-corrected chi connectivity index (χ3v) is 5.24. The highest BCUT2D eigenvalue weighted by Crippen LogP contribution is 2.34. The SMILES string of the molecule is CCOc1cc(C=Nc2ccc(C)cc2C)cc(I)c1OCC(=O)Nc1ccccc1. The summed E-state index contributed by atoms with van der Waals surface area (Å²) in [5.74, 6) is 0.906. The molecule has 0 bridgehead atoms. The summed E-state index contributed by atoms with van der Waals surface area (Å²) in [7, 11) is 0. The van der Waals surface area contributed by atoms with E-state index in [4.69, 9.17) is 9.47 Å². The molecule has 3 rings (SSSR count). The first kappa shape index (κ1) is 22.8. The summed E-state index contributed by atoms with van der Waals surface area (Å²) < 4.78 is 12.4. The molecule has 0 aliphatic carbocycles. The van der Waals surface area contributed by atoms with Crippen molar-refractivity contribution in [2.24, 2.45) is 4.99 Å². The number of halogens is 1. The van der Waals surface area contributed by atoms with Gasteiger partial charge in [-0.2, -0.15) is 0 Å². The van der Waals surface area contributed by atoms with E-state index in [1.54, 1.807) is 0 Å². The number of nitrogens with one attached hydrogen (secondary N) is 1. The molecule has 160 valence electrons. The fourth-order valence-electron chi connectivity index (χ4n) is 3.02. The second-order valence-corrected chi connectivity index (χ2v) is 8.18. The molecule has 5 nitrogen and oxygen atoms in total. The molecule has 0 aliphatic heterocycles. The van der Waals surface area contributed by atoms with Crippen LogP contribution in [-0.4, -0.2) is 25.3 Å². The molecule has 0 aliphatic rings. The van der Waals surface area contributed by atoms with E-state index in [0.29, 0.717) is 18.1 Å². The number of carbonyl (C=O) groups is 1. The van der Waals surface area contributed by atoms with Gasteiger partial charge in [0.05, 0.1) is 15.9 Å². The second-order valence-electron chi connectivity index (χ2n) is 7.01. The molecule has 3 aromatic carbocycles. The molecule has 3 aromatic rings. The van der Waals surface area contributed by atoms with E-state index < -0.39 is 0 Å². The van der Waals surface area contributed by atoms with Crippen LogP contribution >= 0.6 is 22.6 Å². The van der Waals surface area contributed by atoms with Crippen molar-refractivity contribution >= 4 is 46.1 Å². The number of nitrogens with zero attached hydrogens (tertiary/aromatic N) is 1. The van der Waals surface area contributed by atoms with Gasteiger partial charge in [-0.3, -0.25) is 9.79 Å². The Hall–Kier alpha value is -2.87. The van der Waals surface area contributed by atoms with Crippen molar-refractivity contribution in [1.29, 1.82) is 0 Å². The highest BCUT2D eigenvalue weighted by Gasteiger charge is 2.14. The highest BCUT2D eigenvalue weighted by molar-refractivity contribution is 14.1. The van der Waals surface area contributed by atoms with Crippen LogP contribution in [-0.2, 0) is 4.79 Å². The van der Waals surface area contributed by atoms with Crippen molar-refractivity contribution in [2.75, 3.05) is 18.5 Å². The molecule has 31 heavy (non-hydrogen) atoms. The van der Waals surface area contributed by atoms with Crippen LogP contribution in [0, 0.1) is 17.4 Å². The van der Waals surface area contributed by atoms with Gasteiger partial charge in [-0.05, 0) is 84.8 Å². The predicted octanol–water partition coefficient (Wildman–Crippen LogP) is 6.07. The van der Waals surface area contributed by atoms with Gasteiger partial charge in [0.25, 0.3) is 5.91 Å². The van der Waals surface area contributed by atoms with E-state index in [1.807, 2.05) is 74.7 Å². The number of anilines is 1. The number of aliphatic imine (C=N–C) groups is 1. The number of aryl methyl sites for hydroxylation is 2. The van der Waals surface area contributed by atoms with Gasteiger partial charge in [-0.25, -0.2) is 0 Å². The first-order chi connectivity index (χ1) is 15.0. The number of ether oxygens (including phenoxy) is 2. The predicted molar refractivity (Wildman–Crippen MR) is 134 cm³/mol. The summed E-state index contributed by atoms with van der Waals surface area (Å²) >= 11 is 2.19. The second kappa shape index (κ2) is 10.9. The topological polar surface area (TPSA) is 59.9 Å². The molecule has 0 atom stereocenters. The molecular weight excluding hydrogens is 503 g/mol. The Bertz CT molecular complexity index is 1080. The van der Waals surface area contributed by atoms with Gasteiger partial charge in [0.15, 0.2) is 18.1 Å². The zero-order valence-corrected chi connectivity index (χ0v) is 20.0. The molecule has 6 heteroatoms. The molecule has 0 fully saturated rings. The van der Waals surface area contributed by atoms with Gasteiger partial charge >= 0.3 is 0 Å². The summed E-state index contributed by atoms with van der Waals surface area (Å²) in [6, 6.07) is 19.3. The molecule has 0 spiro atoms. The van der Waals surface area contributed by atoms with Crippen LogP contribution in [0.15, 0.2) is 65.7 Å². The van der Waals surface area contributed by atoms with Crippen molar-refractivity contribution < 1.29 is 14.3 Å². The molecule has 1 N–H and O–H groups in total. The Morgan fingerprint density at radius 3 is 2.55 bits per heavy atom. The Morgan fingerprint density at radius 1 is 1.06 bits per heavy atom. The van der Waals surface area contributed by atoms with Gasteiger partial charge in [0.1, 0.15) is 0 Å². The number of carbonyl (C=O) groups excluding carboxylic acids is 1. The third-order valence-electron chi connectivity index (χ3n) is 4.44. The fraction of sp³-hybridized carbons (Fsp3) is 0.200. The maximum absolute atomic E-state index is 12.2. The van der Waals surface area contributed by atoms with E-state index in [1.165, 1.54) is 5.56 Å². The average molecular weight is 528 g/mol. The lowest BCUT2D eigenvalue weighted by Crippen LogP contribution is -2.20. The third kappa shape index (κ3) is 6.55. The standard InChI is InChI=1S/C25H25IN2O3/c1-4-30-23-14-19(15-27-22-11-10-17(2)12-18(22)3)13-21(26)25(23)31-16-24(29)28-20-8-6-5-7-9-20/h5-15H,4,16H2,1-3H3,(H,28,29). The lowest BCUT2D eigenvalue weighted by molar-refractivity contribution is -0.118. The molecule has 0 heterocycles. The van der Waals surface area contributed by atoms with Gasteiger partial charge in [-0.15, -0.1) is 0 Å². The van der Waals surface area contributed by atoms with Gasteiger partial charge in [0, 0.05) is 11.9 Å². The Morgan fingerprint density at radius 2 is 1.84 bits per heavy atom. The lowest BCUT2D eigenvalue weighted by atomic mass is 10.1. The zero-order valence-electron chi connectivity index (χ0n) is 17.8. The Labute approximate surface area is 196 Å². The summed E-state index contributed by atoms with van der Waals surface area (Å²) in [6.45, 7) is 6.40. The number of benzene rings is 3. The summed E-state index contributed by atoms with van der Waals surface area (Å²) in [5, 5.41) is 2.81. The average Bonchev–Trinajstić information content (AvgIpc) is 2.73. The smallest absolute Gasteiger partial charge is 0.262 e. The van der Waals surface area contributed by atoms with Crippen molar-refractivity contribution in [1.82, 2.24) is 0 Å². The number of rotatable bonds is 8. The summed E-state index contributed by atoms with van der Waals surface area (Å²) in [5.41, 5.74) is 4.89. The normalized spacial score (nSPS) is 10.8. The van der Waals surface area contributed by atoms with E-state index in [0.717, 1.165) is 26.1 Å². The minimum Gasteiger partial charge on any atom is -0.490 e. The summed E-state index contributed by atoms with van der Waals surface area (Å²) in [6.07, 6.45) is 1.81. The van der Waals surface area contributed by atoms with Crippen molar-refractivity contribution in [3.8, 4) is 11.5 Å². The quantitative estimate of drug-likeness (QED) is 0.285.